The SMILES string of the molecule is CCCCCCCCCCS(=O)(=O)N1CCC[C@H]1COCOC[C@@H]1CCCN1S(=O)(=O)CCCOc1ccc(I)cc1. The van der Waals surface area contributed by atoms with Crippen LogP contribution in [0.4, 0.5) is 0 Å². The molecule has 2 saturated heterocycles. The summed E-state index contributed by atoms with van der Waals surface area (Å²) in [4.78, 5) is 0. The molecule has 12 heteroatoms. The van der Waals surface area contributed by atoms with Crippen LogP contribution in [0.5, 0.6) is 5.75 Å². The summed E-state index contributed by atoms with van der Waals surface area (Å²) < 4.78 is 73.3. The predicted molar refractivity (Wildman–Crippen MR) is 176 cm³/mol. The fourth-order valence-corrected chi connectivity index (χ4v) is 9.66. The molecular weight excluding hydrogens is 691 g/mol. The molecule has 0 N–H and O–H groups in total. The average molecular weight is 743 g/mol. The molecule has 0 unspecified atom stereocenters. The zero-order valence-electron chi connectivity index (χ0n) is 25.3. The summed E-state index contributed by atoms with van der Waals surface area (Å²) in [5, 5.41) is 0. The third kappa shape index (κ3) is 12.5. The zero-order chi connectivity index (χ0) is 30.3. The molecule has 0 amide bonds. The molecule has 1 aromatic rings. The molecule has 9 nitrogen and oxygen atoms in total. The molecule has 1 aromatic carbocycles. The second-order valence-electron chi connectivity index (χ2n) is 11.4. The van der Waals surface area contributed by atoms with Crippen molar-refractivity contribution in [3.63, 3.8) is 0 Å². The predicted octanol–water partition coefficient (Wildman–Crippen LogP) is 5.78. The van der Waals surface area contributed by atoms with E-state index in [4.69, 9.17) is 14.2 Å². The molecule has 42 heavy (non-hydrogen) atoms. The van der Waals surface area contributed by atoms with Crippen LogP contribution in [-0.2, 0) is 29.5 Å². The topological polar surface area (TPSA) is 102 Å². The average Bonchev–Trinajstić information content (AvgIpc) is 3.64. The van der Waals surface area contributed by atoms with E-state index in [1.54, 1.807) is 8.61 Å². The van der Waals surface area contributed by atoms with Gasteiger partial charge in [0.15, 0.2) is 0 Å². The van der Waals surface area contributed by atoms with Gasteiger partial charge in [-0.15, -0.1) is 0 Å². The van der Waals surface area contributed by atoms with E-state index in [0.29, 0.717) is 39.1 Å². The minimum Gasteiger partial charge on any atom is -0.494 e. The zero-order valence-corrected chi connectivity index (χ0v) is 29.1. The number of halogens is 1. The molecule has 0 aliphatic carbocycles. The Morgan fingerprint density at radius 1 is 0.738 bits per heavy atom. The van der Waals surface area contributed by atoms with Gasteiger partial charge >= 0.3 is 0 Å². The molecule has 2 fully saturated rings. The van der Waals surface area contributed by atoms with Crippen molar-refractivity contribution in [3.8, 4) is 5.75 Å². The van der Waals surface area contributed by atoms with E-state index >= 15 is 0 Å². The van der Waals surface area contributed by atoms with E-state index in [9.17, 15) is 16.8 Å². The third-order valence-corrected chi connectivity index (χ3v) is 12.8. The number of ether oxygens (including phenoxy) is 3. The summed E-state index contributed by atoms with van der Waals surface area (Å²) in [5.41, 5.74) is 0. The quantitative estimate of drug-likeness (QED) is 0.0844. The lowest BCUT2D eigenvalue weighted by Crippen LogP contribution is -2.40. The molecule has 0 spiro atoms. The van der Waals surface area contributed by atoms with E-state index < -0.39 is 20.0 Å². The lowest BCUT2D eigenvalue weighted by molar-refractivity contribution is -0.0707. The lowest BCUT2D eigenvalue weighted by Gasteiger charge is -2.25. The van der Waals surface area contributed by atoms with E-state index in [1.165, 1.54) is 32.1 Å². The molecule has 0 radical (unpaired) electrons. The van der Waals surface area contributed by atoms with E-state index in [1.807, 2.05) is 24.3 Å². The standard InChI is InChI=1S/C30H51IN2O7S2/c1-2-3-4-5-6-7-8-9-22-41(34,35)32-19-10-13-28(32)24-38-26-39-25-29-14-11-20-33(29)42(36,37)23-12-21-40-30-17-15-27(31)16-18-30/h15-18,28-29H,2-14,19-26H2,1H3/t28-,29-/m0/s1. The van der Waals surface area contributed by atoms with Gasteiger partial charge in [0.2, 0.25) is 20.0 Å². The van der Waals surface area contributed by atoms with Crippen molar-refractivity contribution in [1.82, 2.24) is 8.61 Å². The number of rotatable bonds is 22. The van der Waals surface area contributed by atoms with Gasteiger partial charge in [-0.2, -0.15) is 8.61 Å². The van der Waals surface area contributed by atoms with Gasteiger partial charge in [0.1, 0.15) is 12.5 Å². The number of benzene rings is 1. The molecule has 3 rings (SSSR count). The number of unbranched alkanes of at least 4 members (excludes halogenated alkanes) is 7. The number of nitrogens with zero attached hydrogens (tertiary/aromatic N) is 2. The van der Waals surface area contributed by atoms with Gasteiger partial charge in [-0.25, -0.2) is 16.8 Å². The van der Waals surface area contributed by atoms with Gasteiger partial charge in [0.05, 0.1) is 31.3 Å². The minimum atomic E-state index is -3.41. The third-order valence-electron chi connectivity index (χ3n) is 8.03. The van der Waals surface area contributed by atoms with Crippen LogP contribution in [0.2, 0.25) is 0 Å². The molecule has 2 aliphatic heterocycles. The number of hydrogen-bond donors (Lipinski definition) is 0. The summed E-state index contributed by atoms with van der Waals surface area (Å²) in [6.45, 7) is 4.20. The molecule has 2 heterocycles. The first-order valence-corrected chi connectivity index (χ1v) is 20.1. The normalized spacial score (nSPS) is 20.4. The molecular formula is C30H51IN2O7S2. The lowest BCUT2D eigenvalue weighted by atomic mass is 10.1. The Morgan fingerprint density at radius 2 is 1.24 bits per heavy atom. The summed E-state index contributed by atoms with van der Waals surface area (Å²) in [7, 11) is -6.70. The highest BCUT2D eigenvalue weighted by Gasteiger charge is 2.35. The molecule has 0 saturated carbocycles. The van der Waals surface area contributed by atoms with Gasteiger partial charge in [-0.3, -0.25) is 0 Å². The van der Waals surface area contributed by atoms with Crippen LogP contribution >= 0.6 is 22.6 Å². The van der Waals surface area contributed by atoms with Crippen molar-refractivity contribution in [2.75, 3.05) is 51.2 Å². The fourth-order valence-electron chi connectivity index (χ4n) is 5.73. The first-order valence-electron chi connectivity index (χ1n) is 15.8. The largest absolute Gasteiger partial charge is 0.494 e. The van der Waals surface area contributed by atoms with Crippen LogP contribution in [0.3, 0.4) is 0 Å². The monoisotopic (exact) mass is 742 g/mol. The highest BCUT2D eigenvalue weighted by Crippen LogP contribution is 2.24. The summed E-state index contributed by atoms with van der Waals surface area (Å²) >= 11 is 2.23. The van der Waals surface area contributed by atoms with E-state index in [0.717, 1.165) is 47.8 Å². The van der Waals surface area contributed by atoms with Crippen molar-refractivity contribution in [2.24, 2.45) is 0 Å². The van der Waals surface area contributed by atoms with E-state index in [2.05, 4.69) is 29.5 Å². The molecule has 0 aromatic heterocycles. The maximum Gasteiger partial charge on any atom is 0.214 e. The Balaban J connectivity index is 1.30. The van der Waals surface area contributed by atoms with Gasteiger partial charge in [-0.1, -0.05) is 51.9 Å². The van der Waals surface area contributed by atoms with Gasteiger partial charge in [0.25, 0.3) is 0 Å². The summed E-state index contributed by atoms with van der Waals surface area (Å²) in [6, 6.07) is 7.31. The van der Waals surface area contributed by atoms with Crippen molar-refractivity contribution >= 4 is 42.6 Å². The molecule has 2 atom stereocenters. The van der Waals surface area contributed by atoms with Crippen molar-refractivity contribution in [2.45, 2.75) is 102 Å². The molecule has 2 aliphatic rings. The highest BCUT2D eigenvalue weighted by atomic mass is 127. The molecule has 0 bridgehead atoms. The Morgan fingerprint density at radius 3 is 1.79 bits per heavy atom. The van der Waals surface area contributed by atoms with Crippen LogP contribution in [0.25, 0.3) is 0 Å². The van der Waals surface area contributed by atoms with Crippen molar-refractivity contribution in [3.05, 3.63) is 27.8 Å². The second-order valence-corrected chi connectivity index (χ2v) is 16.8. The first-order chi connectivity index (χ1) is 20.2. The summed E-state index contributed by atoms with van der Waals surface area (Å²) in [6.07, 6.45) is 12.6. The smallest absolute Gasteiger partial charge is 0.214 e. The van der Waals surface area contributed by atoms with Crippen molar-refractivity contribution < 1.29 is 31.0 Å². The van der Waals surface area contributed by atoms with Crippen LogP contribution in [0.1, 0.15) is 90.4 Å². The van der Waals surface area contributed by atoms with Crippen LogP contribution < -0.4 is 4.74 Å². The highest BCUT2D eigenvalue weighted by molar-refractivity contribution is 14.1. The Kier molecular flexibility index (Phi) is 16.4. The van der Waals surface area contributed by atoms with Crippen molar-refractivity contribution in [1.29, 1.82) is 0 Å². The Hall–Kier alpha value is -0.510. The Labute approximate surface area is 268 Å². The first kappa shape index (κ1) is 36.0. The maximum absolute atomic E-state index is 13.0. The fraction of sp³-hybridized carbons (Fsp3) is 0.800. The van der Waals surface area contributed by atoms with Gasteiger partial charge in [-0.05, 0) is 85.4 Å². The van der Waals surface area contributed by atoms with Crippen LogP contribution in [-0.4, -0.2) is 88.7 Å². The minimum absolute atomic E-state index is 0.0245. The van der Waals surface area contributed by atoms with Gasteiger partial charge < -0.3 is 14.2 Å². The van der Waals surface area contributed by atoms with Gasteiger partial charge in [0, 0.05) is 28.7 Å². The number of hydrogen-bond acceptors (Lipinski definition) is 7. The molecule has 242 valence electrons. The number of sulfonamides is 2. The second kappa shape index (κ2) is 19.1. The summed E-state index contributed by atoms with van der Waals surface area (Å²) in [5.74, 6) is 0.982. The van der Waals surface area contributed by atoms with Crippen LogP contribution in [0.15, 0.2) is 24.3 Å². The van der Waals surface area contributed by atoms with E-state index in [-0.39, 0.29) is 37.0 Å². The Bertz CT molecular complexity index is 1100. The van der Waals surface area contributed by atoms with Crippen LogP contribution in [0, 0.1) is 3.57 Å². The maximum atomic E-state index is 13.0.